The predicted molar refractivity (Wildman–Crippen MR) is 72.6 cm³/mol. The average Bonchev–Trinajstić information content (AvgIpc) is 2.55. The molecule has 2 rings (SSSR count). The second kappa shape index (κ2) is 4.34. The fourth-order valence-corrected chi connectivity index (χ4v) is 4.13. The average molecular weight is 289 g/mol. The molecule has 1 aromatic carbocycles. The SMILES string of the molecule is C[Si](C)(C)n1cc(SC(F)(F)F)c2ccccc21. The molecular weight excluding hydrogens is 275 g/mol. The van der Waals surface area contributed by atoms with Gasteiger partial charge in [-0.2, -0.15) is 13.2 Å². The molecule has 0 spiro atoms. The summed E-state index contributed by atoms with van der Waals surface area (Å²) in [5, 5.41) is 0.683. The van der Waals surface area contributed by atoms with Crippen LogP contribution in [-0.4, -0.2) is 18.0 Å². The van der Waals surface area contributed by atoms with Crippen molar-refractivity contribution < 1.29 is 13.2 Å². The normalized spacial score (nSPS) is 13.2. The van der Waals surface area contributed by atoms with Crippen molar-refractivity contribution >= 4 is 30.9 Å². The van der Waals surface area contributed by atoms with Crippen LogP contribution in [0.15, 0.2) is 35.4 Å². The molecule has 0 aliphatic heterocycles. The van der Waals surface area contributed by atoms with Crippen molar-refractivity contribution in [3.63, 3.8) is 0 Å². The molecule has 0 aliphatic carbocycles. The summed E-state index contributed by atoms with van der Waals surface area (Å²) in [5.74, 6) is 0. The number of rotatable bonds is 2. The molecule has 0 N–H and O–H groups in total. The van der Waals surface area contributed by atoms with Crippen LogP contribution in [0.5, 0.6) is 0 Å². The fraction of sp³-hybridized carbons (Fsp3) is 0.333. The highest BCUT2D eigenvalue weighted by molar-refractivity contribution is 8.00. The lowest BCUT2D eigenvalue weighted by Crippen LogP contribution is -2.30. The molecule has 0 aliphatic rings. The first-order valence-electron chi connectivity index (χ1n) is 5.55. The van der Waals surface area contributed by atoms with Crippen LogP contribution < -0.4 is 0 Å². The van der Waals surface area contributed by atoms with Gasteiger partial charge in [0.25, 0.3) is 0 Å². The molecule has 1 aromatic heterocycles. The lowest BCUT2D eigenvalue weighted by Gasteiger charge is -2.19. The molecular formula is C12H14F3NSSi. The summed E-state index contributed by atoms with van der Waals surface area (Å²) in [6, 6.07) is 7.27. The van der Waals surface area contributed by atoms with Gasteiger partial charge in [0.05, 0.1) is 0 Å². The summed E-state index contributed by atoms with van der Waals surface area (Å²) in [4.78, 5) is 0.292. The zero-order valence-corrected chi connectivity index (χ0v) is 12.2. The van der Waals surface area contributed by atoms with Gasteiger partial charge < -0.3 is 4.23 Å². The summed E-state index contributed by atoms with van der Waals surface area (Å²) in [5.41, 5.74) is -3.35. The lowest BCUT2D eigenvalue weighted by atomic mass is 10.2. The first-order chi connectivity index (χ1) is 8.18. The van der Waals surface area contributed by atoms with Crippen LogP contribution in [0.3, 0.4) is 0 Å². The van der Waals surface area contributed by atoms with Gasteiger partial charge in [0, 0.05) is 22.0 Å². The van der Waals surface area contributed by atoms with Crippen LogP contribution >= 0.6 is 11.8 Å². The Kier molecular flexibility index (Phi) is 3.27. The van der Waals surface area contributed by atoms with Crippen molar-refractivity contribution in [2.75, 3.05) is 0 Å². The number of thioether (sulfide) groups is 1. The molecule has 0 amide bonds. The quantitative estimate of drug-likeness (QED) is 0.560. The smallest absolute Gasteiger partial charge is 0.374 e. The number of hydrogen-bond acceptors (Lipinski definition) is 1. The number of halogens is 3. The molecule has 98 valence electrons. The van der Waals surface area contributed by atoms with E-state index in [9.17, 15) is 13.2 Å². The van der Waals surface area contributed by atoms with Crippen LogP contribution in [0.1, 0.15) is 0 Å². The molecule has 0 fully saturated rings. The molecule has 1 heterocycles. The lowest BCUT2D eigenvalue weighted by molar-refractivity contribution is -0.0327. The van der Waals surface area contributed by atoms with Crippen LogP contribution in [0.4, 0.5) is 13.2 Å². The van der Waals surface area contributed by atoms with E-state index in [-0.39, 0.29) is 11.8 Å². The van der Waals surface area contributed by atoms with Gasteiger partial charge in [0.1, 0.15) is 0 Å². The third-order valence-corrected chi connectivity index (χ3v) is 5.22. The molecule has 18 heavy (non-hydrogen) atoms. The van der Waals surface area contributed by atoms with Crippen molar-refractivity contribution in [1.82, 2.24) is 4.23 Å². The number of benzene rings is 1. The van der Waals surface area contributed by atoms with E-state index in [1.54, 1.807) is 18.3 Å². The van der Waals surface area contributed by atoms with Gasteiger partial charge in [-0.25, -0.2) is 0 Å². The Morgan fingerprint density at radius 2 is 1.72 bits per heavy atom. The van der Waals surface area contributed by atoms with Gasteiger partial charge in [-0.05, 0) is 17.8 Å². The first kappa shape index (κ1) is 13.5. The van der Waals surface area contributed by atoms with Gasteiger partial charge >= 0.3 is 5.51 Å². The molecule has 0 bridgehead atoms. The second-order valence-corrected chi connectivity index (χ2v) is 11.0. The van der Waals surface area contributed by atoms with Crippen LogP contribution in [-0.2, 0) is 0 Å². The van der Waals surface area contributed by atoms with E-state index in [2.05, 4.69) is 19.6 Å². The molecule has 0 saturated heterocycles. The Balaban J connectivity index is 2.62. The summed E-state index contributed by atoms with van der Waals surface area (Å²) in [7, 11) is -1.72. The number of para-hydroxylation sites is 1. The third kappa shape index (κ3) is 2.75. The maximum absolute atomic E-state index is 12.5. The van der Waals surface area contributed by atoms with Crippen molar-refractivity contribution in [2.45, 2.75) is 30.0 Å². The van der Waals surface area contributed by atoms with Crippen LogP contribution in [0, 0.1) is 0 Å². The molecule has 6 heteroatoms. The van der Waals surface area contributed by atoms with Gasteiger partial charge in [0.2, 0.25) is 0 Å². The number of nitrogens with zero attached hydrogens (tertiary/aromatic N) is 1. The van der Waals surface area contributed by atoms with Crippen molar-refractivity contribution in [2.24, 2.45) is 0 Å². The van der Waals surface area contributed by atoms with E-state index in [4.69, 9.17) is 0 Å². The molecule has 0 radical (unpaired) electrons. The Morgan fingerprint density at radius 3 is 2.28 bits per heavy atom. The zero-order valence-electron chi connectivity index (χ0n) is 10.4. The Labute approximate surface area is 109 Å². The highest BCUT2D eigenvalue weighted by Gasteiger charge is 2.32. The van der Waals surface area contributed by atoms with E-state index in [1.807, 2.05) is 16.4 Å². The summed E-state index contributed by atoms with van der Waals surface area (Å²) >= 11 is -0.0314. The van der Waals surface area contributed by atoms with Crippen molar-refractivity contribution in [1.29, 1.82) is 0 Å². The van der Waals surface area contributed by atoms with Crippen LogP contribution in [0.25, 0.3) is 10.9 Å². The minimum atomic E-state index is -4.24. The predicted octanol–water partition coefficient (Wildman–Crippen LogP) is 4.94. The van der Waals surface area contributed by atoms with E-state index in [0.29, 0.717) is 10.3 Å². The Bertz CT molecular complexity index is 569. The third-order valence-electron chi connectivity index (χ3n) is 2.62. The summed E-state index contributed by atoms with van der Waals surface area (Å²) < 4.78 is 39.6. The standard InChI is InChI=1S/C12H14F3NSSi/c1-18(2,3)16-8-11(17-12(13,14)15)9-6-4-5-7-10(9)16/h4-8H,1-3H3. The molecule has 0 atom stereocenters. The first-order valence-corrected chi connectivity index (χ1v) is 9.81. The van der Waals surface area contributed by atoms with E-state index >= 15 is 0 Å². The molecule has 0 saturated carbocycles. The highest BCUT2D eigenvalue weighted by Crippen LogP contribution is 2.41. The molecule has 1 nitrogen and oxygen atoms in total. The number of fused-ring (bicyclic) bond motifs is 1. The molecule has 0 unspecified atom stereocenters. The second-order valence-electron chi connectivity index (χ2n) is 5.10. The molecule has 2 aromatic rings. The monoisotopic (exact) mass is 289 g/mol. The van der Waals surface area contributed by atoms with Crippen molar-refractivity contribution in [3.05, 3.63) is 30.5 Å². The van der Waals surface area contributed by atoms with Gasteiger partial charge in [-0.15, -0.1) is 0 Å². The van der Waals surface area contributed by atoms with Crippen LogP contribution in [0.2, 0.25) is 19.6 Å². The summed E-state index contributed by atoms with van der Waals surface area (Å²) in [6.45, 7) is 6.34. The van der Waals surface area contributed by atoms with Gasteiger partial charge in [0.15, 0.2) is 8.24 Å². The topological polar surface area (TPSA) is 4.93 Å². The Morgan fingerprint density at radius 1 is 1.11 bits per heavy atom. The summed E-state index contributed by atoms with van der Waals surface area (Å²) in [6.07, 6.45) is 1.65. The maximum Gasteiger partial charge on any atom is 0.446 e. The minimum absolute atomic E-state index is 0.0314. The van der Waals surface area contributed by atoms with Crippen molar-refractivity contribution in [3.8, 4) is 0 Å². The van der Waals surface area contributed by atoms with E-state index in [0.717, 1.165) is 5.52 Å². The van der Waals surface area contributed by atoms with Gasteiger partial charge in [-0.3, -0.25) is 0 Å². The van der Waals surface area contributed by atoms with E-state index < -0.39 is 13.7 Å². The van der Waals surface area contributed by atoms with E-state index in [1.165, 1.54) is 0 Å². The maximum atomic E-state index is 12.5. The fourth-order valence-electron chi connectivity index (χ4n) is 1.91. The van der Waals surface area contributed by atoms with Gasteiger partial charge in [-0.1, -0.05) is 37.8 Å². The number of hydrogen-bond donors (Lipinski definition) is 0. The number of aromatic nitrogens is 1. The highest BCUT2D eigenvalue weighted by atomic mass is 32.2. The minimum Gasteiger partial charge on any atom is -0.374 e. The number of alkyl halides is 3. The largest absolute Gasteiger partial charge is 0.446 e. The Hall–Kier alpha value is -0.883. The zero-order chi connectivity index (χ0) is 13.6.